The fourth-order valence-corrected chi connectivity index (χ4v) is 4.78. The van der Waals surface area contributed by atoms with Crippen molar-refractivity contribution < 1.29 is 27.5 Å². The van der Waals surface area contributed by atoms with Crippen molar-refractivity contribution in [2.75, 3.05) is 30.0 Å². The third kappa shape index (κ3) is 6.33. The van der Waals surface area contributed by atoms with Gasteiger partial charge in [0.15, 0.2) is 16.4 Å². The Morgan fingerprint density at radius 3 is 2.43 bits per heavy atom. The van der Waals surface area contributed by atoms with Gasteiger partial charge in [0, 0.05) is 25.2 Å². The number of carbonyl (C=O) groups excluding carboxylic acids is 3. The molecule has 0 saturated carbocycles. The van der Waals surface area contributed by atoms with Crippen molar-refractivity contribution in [3.63, 3.8) is 0 Å². The Kier molecular flexibility index (Phi) is 7.56. The smallest absolute Gasteiger partial charge is 0.338 e. The summed E-state index contributed by atoms with van der Waals surface area (Å²) in [6.45, 7) is 3.37. The Morgan fingerprint density at radius 1 is 1.21 bits per heavy atom. The average Bonchev–Trinajstić information content (AvgIpc) is 2.99. The average molecular weight is 410 g/mol. The molecule has 1 aliphatic rings. The van der Waals surface area contributed by atoms with Crippen molar-refractivity contribution in [3.8, 4) is 0 Å². The van der Waals surface area contributed by atoms with Crippen LogP contribution in [0.25, 0.3) is 0 Å². The minimum absolute atomic E-state index is 0.0407. The molecule has 2 rings (SSSR count). The number of unbranched alkanes of at least 4 members (excludes halogenated alkanes) is 1. The van der Waals surface area contributed by atoms with Crippen LogP contribution in [0.2, 0.25) is 0 Å². The Morgan fingerprint density at radius 2 is 1.89 bits per heavy atom. The lowest BCUT2D eigenvalue weighted by atomic mass is 10.2. The van der Waals surface area contributed by atoms with Gasteiger partial charge in [-0.15, -0.1) is 0 Å². The highest BCUT2D eigenvalue weighted by Gasteiger charge is 2.34. The first-order valence-corrected chi connectivity index (χ1v) is 11.1. The number of esters is 1. The highest BCUT2D eigenvalue weighted by atomic mass is 32.2. The molecule has 1 heterocycles. The molecule has 8 nitrogen and oxygen atoms in total. The number of nitrogens with zero attached hydrogens (tertiary/aromatic N) is 1. The van der Waals surface area contributed by atoms with E-state index in [2.05, 4.69) is 5.32 Å². The lowest BCUT2D eigenvalue weighted by Gasteiger charge is -2.28. The normalized spacial score (nSPS) is 17.7. The first-order chi connectivity index (χ1) is 13.2. The quantitative estimate of drug-likeness (QED) is 0.652. The fraction of sp³-hybridized carbons (Fsp3) is 0.526. The van der Waals surface area contributed by atoms with Gasteiger partial charge in [-0.1, -0.05) is 13.3 Å². The largest absolute Gasteiger partial charge is 0.452 e. The lowest BCUT2D eigenvalue weighted by Crippen LogP contribution is -2.43. The van der Waals surface area contributed by atoms with E-state index in [1.165, 1.54) is 24.0 Å². The summed E-state index contributed by atoms with van der Waals surface area (Å²) in [5.74, 6) is -1.23. The van der Waals surface area contributed by atoms with Crippen molar-refractivity contribution in [1.29, 1.82) is 0 Å². The summed E-state index contributed by atoms with van der Waals surface area (Å²) in [7, 11) is -3.12. The summed E-state index contributed by atoms with van der Waals surface area (Å²) >= 11 is 0. The summed E-state index contributed by atoms with van der Waals surface area (Å²) in [4.78, 5) is 37.3. The number of ether oxygens (including phenoxy) is 1. The maximum atomic E-state index is 12.6. The predicted octanol–water partition coefficient (Wildman–Crippen LogP) is 1.62. The van der Waals surface area contributed by atoms with Crippen LogP contribution in [-0.4, -0.2) is 61.8 Å². The molecule has 2 amide bonds. The minimum Gasteiger partial charge on any atom is -0.452 e. The summed E-state index contributed by atoms with van der Waals surface area (Å²) in [6, 6.07) is 5.76. The topological polar surface area (TPSA) is 110 Å². The molecule has 1 aromatic carbocycles. The van der Waals surface area contributed by atoms with Gasteiger partial charge >= 0.3 is 5.97 Å². The number of anilines is 1. The van der Waals surface area contributed by atoms with Crippen LogP contribution in [-0.2, 0) is 24.2 Å². The third-order valence-corrected chi connectivity index (χ3v) is 6.24. The van der Waals surface area contributed by atoms with Crippen LogP contribution in [0.1, 0.15) is 43.5 Å². The van der Waals surface area contributed by atoms with Crippen LogP contribution >= 0.6 is 0 Å². The molecule has 0 radical (unpaired) electrons. The number of carbonyl (C=O) groups is 3. The molecule has 0 spiro atoms. The molecule has 1 N–H and O–H groups in total. The van der Waals surface area contributed by atoms with Crippen molar-refractivity contribution in [3.05, 3.63) is 29.8 Å². The summed E-state index contributed by atoms with van der Waals surface area (Å²) in [5, 5.41) is 2.59. The number of rotatable bonds is 8. The van der Waals surface area contributed by atoms with Crippen molar-refractivity contribution in [1.82, 2.24) is 4.90 Å². The van der Waals surface area contributed by atoms with Crippen LogP contribution in [0.15, 0.2) is 24.3 Å². The second-order valence-corrected chi connectivity index (χ2v) is 9.06. The van der Waals surface area contributed by atoms with E-state index in [0.717, 1.165) is 12.8 Å². The van der Waals surface area contributed by atoms with E-state index in [9.17, 15) is 22.8 Å². The molecule has 1 fully saturated rings. The first-order valence-electron chi connectivity index (χ1n) is 9.26. The third-order valence-electron chi connectivity index (χ3n) is 4.49. The number of amides is 2. The van der Waals surface area contributed by atoms with Crippen LogP contribution in [0.5, 0.6) is 0 Å². The SMILES string of the molecule is CCCCN(C(=O)COC(=O)c1ccc(NC(C)=O)cc1)C1CCS(=O)(=O)C1. The Labute approximate surface area is 165 Å². The van der Waals surface area contributed by atoms with E-state index in [-0.39, 0.29) is 29.0 Å². The molecule has 154 valence electrons. The molecule has 1 saturated heterocycles. The maximum absolute atomic E-state index is 12.6. The van der Waals surface area contributed by atoms with Gasteiger partial charge in [-0.2, -0.15) is 0 Å². The Hall–Kier alpha value is -2.42. The summed E-state index contributed by atoms with van der Waals surface area (Å²) in [5.41, 5.74) is 0.804. The van der Waals surface area contributed by atoms with E-state index in [1.54, 1.807) is 12.1 Å². The van der Waals surface area contributed by atoms with Gasteiger partial charge in [-0.05, 0) is 37.1 Å². The van der Waals surface area contributed by atoms with E-state index in [4.69, 9.17) is 4.74 Å². The molecule has 1 aromatic rings. The predicted molar refractivity (Wildman–Crippen MR) is 105 cm³/mol. The van der Waals surface area contributed by atoms with Crippen molar-refractivity contribution in [2.24, 2.45) is 0 Å². The van der Waals surface area contributed by atoms with Gasteiger partial charge in [0.1, 0.15) is 0 Å². The molecular weight excluding hydrogens is 384 g/mol. The van der Waals surface area contributed by atoms with Crippen LogP contribution in [0.3, 0.4) is 0 Å². The van der Waals surface area contributed by atoms with Gasteiger partial charge in [-0.25, -0.2) is 13.2 Å². The maximum Gasteiger partial charge on any atom is 0.338 e. The number of benzene rings is 1. The lowest BCUT2D eigenvalue weighted by molar-refractivity contribution is -0.136. The first kappa shape index (κ1) is 21.9. The van der Waals surface area contributed by atoms with Crippen LogP contribution < -0.4 is 5.32 Å². The number of nitrogens with one attached hydrogen (secondary N) is 1. The molecule has 0 bridgehead atoms. The molecule has 1 unspecified atom stereocenters. The van der Waals surface area contributed by atoms with Gasteiger partial charge in [0.05, 0.1) is 17.1 Å². The Bertz CT molecular complexity index is 819. The zero-order valence-electron chi connectivity index (χ0n) is 16.1. The van der Waals surface area contributed by atoms with Gasteiger partial charge in [0.25, 0.3) is 5.91 Å². The van der Waals surface area contributed by atoms with E-state index < -0.39 is 28.3 Å². The summed E-state index contributed by atoms with van der Waals surface area (Å²) in [6.07, 6.45) is 2.03. The molecule has 9 heteroatoms. The minimum atomic E-state index is -3.12. The van der Waals surface area contributed by atoms with E-state index in [0.29, 0.717) is 18.7 Å². The number of sulfone groups is 1. The standard InChI is InChI=1S/C19H26N2O6S/c1-3-4-10-21(17-9-11-28(25,26)13-17)18(23)12-27-19(24)15-5-7-16(8-6-15)20-14(2)22/h5-8,17H,3-4,9-13H2,1-2H3,(H,20,22). The van der Waals surface area contributed by atoms with Gasteiger partial charge < -0.3 is 15.0 Å². The molecule has 0 aromatic heterocycles. The number of hydrogen-bond acceptors (Lipinski definition) is 6. The highest BCUT2D eigenvalue weighted by Crippen LogP contribution is 2.19. The molecule has 28 heavy (non-hydrogen) atoms. The molecule has 1 atom stereocenters. The number of hydrogen-bond donors (Lipinski definition) is 1. The highest BCUT2D eigenvalue weighted by molar-refractivity contribution is 7.91. The monoisotopic (exact) mass is 410 g/mol. The van der Waals surface area contributed by atoms with E-state index in [1.807, 2.05) is 6.92 Å². The molecule has 0 aliphatic carbocycles. The molecular formula is C19H26N2O6S. The summed E-state index contributed by atoms with van der Waals surface area (Å²) < 4.78 is 28.6. The van der Waals surface area contributed by atoms with Crippen LogP contribution in [0, 0.1) is 0 Å². The van der Waals surface area contributed by atoms with Crippen molar-refractivity contribution in [2.45, 2.75) is 39.2 Å². The van der Waals surface area contributed by atoms with E-state index >= 15 is 0 Å². The van der Waals surface area contributed by atoms with Gasteiger partial charge in [-0.3, -0.25) is 9.59 Å². The second kappa shape index (κ2) is 9.68. The molecule has 1 aliphatic heterocycles. The van der Waals surface area contributed by atoms with Crippen molar-refractivity contribution >= 4 is 33.3 Å². The van der Waals surface area contributed by atoms with Gasteiger partial charge in [0.2, 0.25) is 5.91 Å². The zero-order chi connectivity index (χ0) is 20.7. The fourth-order valence-electron chi connectivity index (χ4n) is 3.05. The van der Waals surface area contributed by atoms with Crippen LogP contribution in [0.4, 0.5) is 5.69 Å². The zero-order valence-corrected chi connectivity index (χ0v) is 17.0. The second-order valence-electron chi connectivity index (χ2n) is 6.83. The Balaban J connectivity index is 1.95.